The molecule has 0 aliphatic heterocycles. The van der Waals surface area contributed by atoms with E-state index in [4.69, 9.17) is 42.1 Å². The van der Waals surface area contributed by atoms with Gasteiger partial charge in [0.2, 0.25) is 0 Å². The largest absolute Gasteiger partial charge is 0.480 e. The molecule has 0 amide bonds. The number of hydrogen-bond donors (Lipinski definition) is 8. The summed E-state index contributed by atoms with van der Waals surface area (Å²) in [6, 6.07) is 7.26. The summed E-state index contributed by atoms with van der Waals surface area (Å²) in [7, 11) is 0. The number of anilines is 2. The van der Waals surface area contributed by atoms with Crippen molar-refractivity contribution in [2.75, 3.05) is 30.3 Å². The van der Waals surface area contributed by atoms with Crippen LogP contribution in [0.15, 0.2) is 24.3 Å². The summed E-state index contributed by atoms with van der Waals surface area (Å²) >= 11 is 0. The van der Waals surface area contributed by atoms with Crippen LogP contribution in [0, 0.1) is 0 Å². The molecule has 10 N–H and O–H groups in total. The zero-order valence-electron chi connectivity index (χ0n) is 17.5. The van der Waals surface area contributed by atoms with Crippen molar-refractivity contribution in [2.45, 2.75) is 51.2 Å². The van der Waals surface area contributed by atoms with Crippen LogP contribution in [0.4, 0.5) is 11.4 Å². The Balaban J connectivity index is 0. The Bertz CT molecular complexity index is 582. The number of aliphatic hydroxyl groups excluding tert-OH is 5. The summed E-state index contributed by atoms with van der Waals surface area (Å²) in [4.78, 5) is 21.8. The number of nitrogen functional groups attached to an aromatic ring is 1. The molecule has 0 heterocycles. The van der Waals surface area contributed by atoms with Gasteiger partial charge in [0.15, 0.2) is 6.29 Å². The predicted octanol–water partition coefficient (Wildman–Crippen LogP) is -1.85. The van der Waals surface area contributed by atoms with Crippen molar-refractivity contribution in [2.24, 2.45) is 5.73 Å². The van der Waals surface area contributed by atoms with E-state index in [0.29, 0.717) is 0 Å². The number of nitrogens with zero attached hydrogens (tertiary/aromatic N) is 1. The number of aliphatic carboxylic acids is 1. The fourth-order valence-corrected chi connectivity index (χ4v) is 1.89. The number of carboxylic acids is 1. The lowest BCUT2D eigenvalue weighted by Crippen LogP contribution is -2.46. The SMILES string of the molecule is CC(N)C(=O)O.CCN(CC)c1ccc(N)cc1.O=C[C@H](O)[C@@H](O)[C@@H](O)[C@H](O)CO. The quantitative estimate of drug-likeness (QED) is 0.160. The maximum Gasteiger partial charge on any atom is 0.320 e. The van der Waals surface area contributed by atoms with Crippen molar-refractivity contribution in [1.82, 2.24) is 0 Å². The van der Waals surface area contributed by atoms with Gasteiger partial charge in [-0.2, -0.15) is 0 Å². The molecule has 0 aliphatic carbocycles. The topological polar surface area (TPSA) is 211 Å². The lowest BCUT2D eigenvalue weighted by molar-refractivity contribution is -0.138. The van der Waals surface area contributed by atoms with E-state index in [2.05, 4.69) is 30.9 Å². The molecule has 1 aromatic carbocycles. The molecule has 5 atom stereocenters. The number of hydrogen-bond acceptors (Lipinski definition) is 10. The van der Waals surface area contributed by atoms with Crippen molar-refractivity contribution < 1.29 is 40.2 Å². The summed E-state index contributed by atoms with van der Waals surface area (Å²) in [6.07, 6.45) is -6.84. The van der Waals surface area contributed by atoms with Crippen LogP contribution in [-0.4, -0.2) is 93.0 Å². The number of carbonyl (C=O) groups excluding carboxylic acids is 1. The molecule has 11 nitrogen and oxygen atoms in total. The highest BCUT2D eigenvalue weighted by molar-refractivity contribution is 5.72. The summed E-state index contributed by atoms with van der Waals surface area (Å²) < 4.78 is 0. The third-order valence-corrected chi connectivity index (χ3v) is 3.83. The lowest BCUT2D eigenvalue weighted by atomic mass is 10.0. The van der Waals surface area contributed by atoms with Crippen molar-refractivity contribution >= 4 is 23.6 Å². The van der Waals surface area contributed by atoms with Crippen molar-refractivity contribution in [3.8, 4) is 0 Å². The molecule has 0 bridgehead atoms. The lowest BCUT2D eigenvalue weighted by Gasteiger charge is -2.22. The molecule has 1 unspecified atom stereocenters. The zero-order chi connectivity index (χ0) is 23.9. The number of carbonyl (C=O) groups is 2. The number of rotatable bonds is 9. The number of nitrogens with two attached hydrogens (primary N) is 2. The molecule has 0 fully saturated rings. The van der Waals surface area contributed by atoms with E-state index in [1.165, 1.54) is 12.6 Å². The summed E-state index contributed by atoms with van der Waals surface area (Å²) in [5.41, 5.74) is 12.5. The van der Waals surface area contributed by atoms with E-state index >= 15 is 0 Å². The normalized spacial score (nSPS) is 15.1. The summed E-state index contributed by atoms with van der Waals surface area (Å²) in [5, 5.41) is 51.4. The van der Waals surface area contributed by atoms with Crippen molar-refractivity contribution in [3.05, 3.63) is 24.3 Å². The van der Waals surface area contributed by atoms with Gasteiger partial charge in [-0.25, -0.2) is 0 Å². The van der Waals surface area contributed by atoms with Gasteiger partial charge in [-0.1, -0.05) is 0 Å². The first-order valence-corrected chi connectivity index (χ1v) is 9.33. The highest BCUT2D eigenvalue weighted by Gasteiger charge is 2.29. The molecule has 0 spiro atoms. The van der Waals surface area contributed by atoms with Gasteiger partial charge in [0.05, 0.1) is 6.61 Å². The second kappa shape index (κ2) is 16.5. The van der Waals surface area contributed by atoms with E-state index in [-0.39, 0.29) is 6.29 Å². The van der Waals surface area contributed by atoms with E-state index < -0.39 is 43.0 Å². The summed E-state index contributed by atoms with van der Waals surface area (Å²) in [5.74, 6) is -0.963. The van der Waals surface area contributed by atoms with Crippen LogP contribution >= 0.6 is 0 Å². The minimum absolute atomic E-state index is 0.0258. The molecule has 0 saturated heterocycles. The van der Waals surface area contributed by atoms with Gasteiger partial charge >= 0.3 is 5.97 Å². The first-order chi connectivity index (χ1) is 14.0. The van der Waals surface area contributed by atoms with Crippen LogP contribution in [-0.2, 0) is 9.59 Å². The highest BCUT2D eigenvalue weighted by atomic mass is 16.4. The average molecular weight is 434 g/mol. The number of carboxylic acid groups (broad SMARTS) is 1. The molecule has 0 saturated carbocycles. The van der Waals surface area contributed by atoms with E-state index in [0.717, 1.165) is 18.8 Å². The number of aldehydes is 1. The molecule has 1 rings (SSSR count). The number of benzene rings is 1. The minimum Gasteiger partial charge on any atom is -0.480 e. The van der Waals surface area contributed by atoms with Crippen molar-refractivity contribution in [3.63, 3.8) is 0 Å². The van der Waals surface area contributed by atoms with Crippen LogP contribution in [0.2, 0.25) is 0 Å². The molecule has 11 heteroatoms. The molecule has 174 valence electrons. The maximum atomic E-state index is 9.90. The maximum absolute atomic E-state index is 9.90. The Kier molecular flexibility index (Phi) is 16.5. The van der Waals surface area contributed by atoms with Gasteiger partial charge in [-0.05, 0) is 45.0 Å². The van der Waals surface area contributed by atoms with Gasteiger partial charge in [0, 0.05) is 24.5 Å². The standard InChI is InChI=1S/C10H16N2.C6H12O6.C3H7NO2/c1-3-12(4-2)10-7-5-9(11)6-8-10;7-1-3(9)5(11)6(12)4(10)2-8;1-2(4)3(5)6/h5-8H,3-4,11H2,1-2H3;1,3-6,8-12H,2H2;2H,4H2,1H3,(H,5,6)/t;3-,4+,5+,6-;/m.0./s1. The molecule has 0 aromatic heterocycles. The van der Waals surface area contributed by atoms with Crippen LogP contribution in [0.5, 0.6) is 0 Å². The second-order valence-corrected chi connectivity index (χ2v) is 6.25. The Morgan fingerprint density at radius 3 is 1.80 bits per heavy atom. The molecule has 1 aromatic rings. The first kappa shape index (κ1) is 29.9. The Morgan fingerprint density at radius 1 is 1.07 bits per heavy atom. The zero-order valence-corrected chi connectivity index (χ0v) is 17.5. The van der Waals surface area contributed by atoms with Crippen LogP contribution in [0.3, 0.4) is 0 Å². The number of aliphatic hydroxyl groups is 5. The van der Waals surface area contributed by atoms with Crippen molar-refractivity contribution in [1.29, 1.82) is 0 Å². The van der Waals surface area contributed by atoms with Gasteiger partial charge < -0.3 is 51.8 Å². The fraction of sp³-hybridized carbons (Fsp3) is 0.579. The Morgan fingerprint density at radius 2 is 1.50 bits per heavy atom. The predicted molar refractivity (Wildman–Crippen MR) is 113 cm³/mol. The average Bonchev–Trinajstić information content (AvgIpc) is 2.74. The fourth-order valence-electron chi connectivity index (χ4n) is 1.89. The third-order valence-electron chi connectivity index (χ3n) is 3.83. The molecular weight excluding hydrogens is 398 g/mol. The molecular formula is C19H35N3O8. The van der Waals surface area contributed by atoms with Gasteiger partial charge in [0.1, 0.15) is 30.5 Å². The minimum atomic E-state index is -1.79. The molecule has 0 radical (unpaired) electrons. The Labute approximate surface area is 176 Å². The smallest absolute Gasteiger partial charge is 0.320 e. The van der Waals surface area contributed by atoms with E-state index in [1.807, 2.05) is 12.1 Å². The monoisotopic (exact) mass is 433 g/mol. The van der Waals surface area contributed by atoms with E-state index in [9.17, 15) is 9.59 Å². The highest BCUT2D eigenvalue weighted by Crippen LogP contribution is 2.15. The van der Waals surface area contributed by atoms with Gasteiger partial charge in [-0.15, -0.1) is 0 Å². The van der Waals surface area contributed by atoms with Crippen LogP contribution in [0.25, 0.3) is 0 Å². The van der Waals surface area contributed by atoms with Crippen LogP contribution in [0.1, 0.15) is 20.8 Å². The molecule has 30 heavy (non-hydrogen) atoms. The first-order valence-electron chi connectivity index (χ1n) is 9.33. The molecule has 0 aliphatic rings. The third kappa shape index (κ3) is 12.3. The second-order valence-electron chi connectivity index (χ2n) is 6.25. The summed E-state index contributed by atoms with van der Waals surface area (Å²) in [6.45, 7) is 7.05. The van der Waals surface area contributed by atoms with Gasteiger partial charge in [-0.3, -0.25) is 4.79 Å². The van der Waals surface area contributed by atoms with E-state index in [1.54, 1.807) is 0 Å². The van der Waals surface area contributed by atoms with Gasteiger partial charge in [0.25, 0.3) is 0 Å². The van der Waals surface area contributed by atoms with Crippen LogP contribution < -0.4 is 16.4 Å². The Hall–Kier alpha value is -2.28.